The van der Waals surface area contributed by atoms with E-state index in [1.165, 1.54) is 0 Å². The number of hydrogen-bond donors (Lipinski definition) is 3. The van der Waals surface area contributed by atoms with E-state index in [0.717, 1.165) is 0 Å². The monoisotopic (exact) mass is 287 g/mol. The Morgan fingerprint density at radius 1 is 1.63 bits per heavy atom. The van der Waals surface area contributed by atoms with Crippen LogP contribution in [0.2, 0.25) is 0 Å². The number of ether oxygens (including phenoxy) is 1. The maximum Gasteiger partial charge on any atom is 0.249 e. The molecule has 19 heavy (non-hydrogen) atoms. The zero-order chi connectivity index (χ0) is 14.4. The van der Waals surface area contributed by atoms with E-state index in [9.17, 15) is 9.59 Å². The molecule has 1 rings (SSSR count). The molecule has 0 bridgehead atoms. The lowest BCUT2D eigenvalue weighted by atomic mass is 10.1. The van der Waals surface area contributed by atoms with Crippen molar-refractivity contribution in [3.63, 3.8) is 0 Å². The molecule has 0 aliphatic carbocycles. The van der Waals surface area contributed by atoms with Crippen LogP contribution in [0.1, 0.15) is 19.8 Å². The van der Waals surface area contributed by atoms with E-state index in [2.05, 4.69) is 10.6 Å². The second kappa shape index (κ2) is 7.16. The summed E-state index contributed by atoms with van der Waals surface area (Å²) in [7, 11) is 1.54. The molecule has 1 aliphatic heterocycles. The Morgan fingerprint density at radius 2 is 2.32 bits per heavy atom. The third-order valence-corrected chi connectivity index (χ3v) is 2.96. The van der Waals surface area contributed by atoms with Crippen LogP contribution in [0.5, 0.6) is 0 Å². The number of piperidine rings is 1. The summed E-state index contributed by atoms with van der Waals surface area (Å²) >= 11 is 5.68. The number of methoxy groups -OCH3 is 1. The number of rotatable bonds is 5. The van der Waals surface area contributed by atoms with Gasteiger partial charge < -0.3 is 15.8 Å². The van der Waals surface area contributed by atoms with E-state index in [0.29, 0.717) is 30.7 Å². The maximum atomic E-state index is 11.6. The molecule has 0 aromatic carbocycles. The molecule has 6 nitrogen and oxygen atoms in total. The molecule has 0 radical (unpaired) electrons. The first kappa shape index (κ1) is 15.5. The Morgan fingerprint density at radius 3 is 2.84 bits per heavy atom. The van der Waals surface area contributed by atoms with Gasteiger partial charge in [0.1, 0.15) is 11.2 Å². The minimum atomic E-state index is -0.455. The lowest BCUT2D eigenvalue weighted by molar-refractivity contribution is -0.134. The van der Waals surface area contributed by atoms with Crippen molar-refractivity contribution in [2.75, 3.05) is 13.7 Å². The van der Waals surface area contributed by atoms with E-state index in [1.54, 1.807) is 20.1 Å². The second-order valence-electron chi connectivity index (χ2n) is 4.28. The summed E-state index contributed by atoms with van der Waals surface area (Å²) in [5, 5.41) is 5.50. The molecule has 2 amide bonds. The Kier molecular flexibility index (Phi) is 5.85. The van der Waals surface area contributed by atoms with Crippen LogP contribution in [0.3, 0.4) is 0 Å². The highest BCUT2D eigenvalue weighted by molar-refractivity contribution is 6.29. The molecule has 1 fully saturated rings. The van der Waals surface area contributed by atoms with Gasteiger partial charge in [-0.3, -0.25) is 14.9 Å². The van der Waals surface area contributed by atoms with Crippen LogP contribution in [-0.4, -0.2) is 31.6 Å². The van der Waals surface area contributed by atoms with Crippen molar-refractivity contribution in [2.45, 2.75) is 25.8 Å². The quantitative estimate of drug-likeness (QED) is 0.385. The van der Waals surface area contributed by atoms with Crippen LogP contribution < -0.4 is 16.4 Å². The molecule has 1 heterocycles. The van der Waals surface area contributed by atoms with E-state index in [4.69, 9.17) is 22.1 Å². The third kappa shape index (κ3) is 4.92. The summed E-state index contributed by atoms with van der Waals surface area (Å²) in [6.45, 7) is 2.05. The van der Waals surface area contributed by atoms with Crippen LogP contribution in [0.25, 0.3) is 0 Å². The van der Waals surface area contributed by atoms with Gasteiger partial charge >= 0.3 is 0 Å². The number of amides is 2. The Labute approximate surface area is 117 Å². The number of imide groups is 1. The average molecular weight is 288 g/mol. The summed E-state index contributed by atoms with van der Waals surface area (Å²) in [6, 6.07) is -0.455. The first-order valence-corrected chi connectivity index (χ1v) is 6.23. The molecule has 1 atom stereocenters. The molecule has 1 aliphatic rings. The van der Waals surface area contributed by atoms with Crippen molar-refractivity contribution in [1.82, 2.24) is 10.6 Å². The Balaban J connectivity index is 2.76. The number of carbonyl (C=O) groups is 2. The summed E-state index contributed by atoms with van der Waals surface area (Å²) in [4.78, 5) is 22.7. The molecule has 1 saturated heterocycles. The van der Waals surface area contributed by atoms with E-state index in [-0.39, 0.29) is 17.0 Å². The number of nitrogens with one attached hydrogen (secondary N) is 2. The average Bonchev–Trinajstić information content (AvgIpc) is 2.32. The fourth-order valence-electron chi connectivity index (χ4n) is 1.67. The van der Waals surface area contributed by atoms with E-state index < -0.39 is 6.04 Å². The van der Waals surface area contributed by atoms with E-state index in [1.807, 2.05) is 0 Å². The van der Waals surface area contributed by atoms with Gasteiger partial charge in [0.15, 0.2) is 0 Å². The van der Waals surface area contributed by atoms with Crippen molar-refractivity contribution in [2.24, 2.45) is 5.73 Å². The molecular formula is C12H18ClN3O3. The summed E-state index contributed by atoms with van der Waals surface area (Å²) < 4.78 is 5.05. The van der Waals surface area contributed by atoms with Crippen LogP contribution in [-0.2, 0) is 14.3 Å². The third-order valence-electron chi connectivity index (χ3n) is 2.67. The van der Waals surface area contributed by atoms with Crippen molar-refractivity contribution >= 4 is 23.4 Å². The van der Waals surface area contributed by atoms with Crippen molar-refractivity contribution in [3.8, 4) is 0 Å². The van der Waals surface area contributed by atoms with Crippen LogP contribution in [0, 0.1) is 0 Å². The van der Waals surface area contributed by atoms with Gasteiger partial charge in [0.25, 0.3) is 0 Å². The number of carbonyl (C=O) groups excluding carboxylic acids is 2. The fraction of sp³-hybridized carbons (Fsp3) is 0.500. The number of halogens is 1. The fourth-order valence-corrected chi connectivity index (χ4v) is 1.72. The second-order valence-corrected chi connectivity index (χ2v) is 4.69. The normalized spacial score (nSPS) is 21.8. The SMILES string of the molecule is COC/C(=C\C(C)=C(/N)Cl)NC1CCC(=O)NC1=O. The first-order valence-electron chi connectivity index (χ1n) is 5.85. The molecule has 0 saturated carbocycles. The van der Waals surface area contributed by atoms with Gasteiger partial charge in [-0.1, -0.05) is 11.6 Å². The van der Waals surface area contributed by atoms with Crippen molar-refractivity contribution < 1.29 is 14.3 Å². The molecule has 106 valence electrons. The van der Waals surface area contributed by atoms with Gasteiger partial charge in [0.05, 0.1) is 6.61 Å². The zero-order valence-corrected chi connectivity index (χ0v) is 11.7. The number of nitrogens with two attached hydrogens (primary N) is 1. The Bertz CT molecular complexity index is 428. The molecular weight excluding hydrogens is 270 g/mol. The first-order chi connectivity index (χ1) is 8.93. The number of allylic oxidation sites excluding steroid dienone is 2. The van der Waals surface area contributed by atoms with Gasteiger partial charge in [-0.05, 0) is 25.0 Å². The minimum absolute atomic E-state index is 0.179. The lowest BCUT2D eigenvalue weighted by Crippen LogP contribution is -2.50. The predicted octanol–water partition coefficient (Wildman–Crippen LogP) is 0.340. The maximum absolute atomic E-state index is 11.6. The van der Waals surface area contributed by atoms with Gasteiger partial charge in [-0.25, -0.2) is 0 Å². The lowest BCUT2D eigenvalue weighted by Gasteiger charge is -2.24. The highest BCUT2D eigenvalue weighted by Crippen LogP contribution is 2.10. The van der Waals surface area contributed by atoms with Crippen LogP contribution in [0.15, 0.2) is 22.5 Å². The molecule has 7 heteroatoms. The molecule has 0 spiro atoms. The van der Waals surface area contributed by atoms with Crippen LogP contribution in [0.4, 0.5) is 0 Å². The van der Waals surface area contributed by atoms with Gasteiger partial charge in [-0.15, -0.1) is 0 Å². The van der Waals surface area contributed by atoms with E-state index >= 15 is 0 Å². The zero-order valence-electron chi connectivity index (χ0n) is 11.0. The molecule has 0 aromatic rings. The highest BCUT2D eigenvalue weighted by Gasteiger charge is 2.26. The van der Waals surface area contributed by atoms with Crippen LogP contribution >= 0.6 is 11.6 Å². The van der Waals surface area contributed by atoms with Crippen molar-refractivity contribution in [3.05, 3.63) is 22.5 Å². The van der Waals surface area contributed by atoms with Gasteiger partial charge in [0.2, 0.25) is 11.8 Å². The molecule has 0 aromatic heterocycles. The van der Waals surface area contributed by atoms with Gasteiger partial charge in [0, 0.05) is 19.2 Å². The summed E-state index contributed by atoms with van der Waals surface area (Å²) in [5.41, 5.74) is 6.82. The standard InChI is InChI=1S/C12H18ClN3O3/c1-7(11(13)14)5-8(6-19-2)15-9-3-4-10(17)16-12(9)18/h5,9,15H,3-4,6,14H2,1-2H3,(H,16,17,18)/b8-5+,11-7-. The molecule has 1 unspecified atom stereocenters. The number of hydrogen-bond acceptors (Lipinski definition) is 5. The summed E-state index contributed by atoms with van der Waals surface area (Å²) in [6.07, 6.45) is 2.48. The smallest absolute Gasteiger partial charge is 0.249 e. The Hall–Kier alpha value is -1.53. The largest absolute Gasteiger partial charge is 0.389 e. The topological polar surface area (TPSA) is 93.4 Å². The van der Waals surface area contributed by atoms with Crippen molar-refractivity contribution in [1.29, 1.82) is 0 Å². The highest BCUT2D eigenvalue weighted by atomic mass is 35.5. The van der Waals surface area contributed by atoms with Gasteiger partial charge in [-0.2, -0.15) is 0 Å². The molecule has 4 N–H and O–H groups in total. The summed E-state index contributed by atoms with van der Waals surface area (Å²) in [5.74, 6) is -0.583. The minimum Gasteiger partial charge on any atom is -0.389 e. The predicted molar refractivity (Wildman–Crippen MR) is 72.0 cm³/mol.